The van der Waals surface area contributed by atoms with Crippen LogP contribution in [0.1, 0.15) is 23.2 Å². The van der Waals surface area contributed by atoms with E-state index in [9.17, 15) is 9.59 Å². The lowest BCUT2D eigenvalue weighted by Crippen LogP contribution is -2.31. The molecular formula is C13H19ClN4O2. The Labute approximate surface area is 123 Å². The zero-order chi connectivity index (χ0) is 13.7. The summed E-state index contributed by atoms with van der Waals surface area (Å²) in [6, 6.07) is 6.86. The maximum Gasteiger partial charge on any atom is 0.319 e. The van der Waals surface area contributed by atoms with Crippen LogP contribution in [0.15, 0.2) is 24.3 Å². The standard InChI is InChI=1S/C13H18N4O2.ClH/c14-6-7-15-12(18)9-2-1-3-11(8-9)17-13(19)16-10-4-5-10;/h1-3,8,10H,4-7,14H2,(H,15,18)(H2,16,17,19);1H. The molecule has 0 spiro atoms. The number of nitrogens with one attached hydrogen (secondary N) is 3. The summed E-state index contributed by atoms with van der Waals surface area (Å²) in [6.45, 7) is 0.826. The molecule has 0 saturated heterocycles. The Morgan fingerprint density at radius 1 is 1.30 bits per heavy atom. The summed E-state index contributed by atoms with van der Waals surface area (Å²) in [5.74, 6) is -0.197. The molecule has 0 radical (unpaired) electrons. The Bertz CT molecular complexity index is 477. The van der Waals surface area contributed by atoms with Gasteiger partial charge in [-0.15, -0.1) is 12.4 Å². The predicted molar refractivity (Wildman–Crippen MR) is 80.3 cm³/mol. The molecule has 0 aromatic heterocycles. The van der Waals surface area contributed by atoms with E-state index >= 15 is 0 Å². The summed E-state index contributed by atoms with van der Waals surface area (Å²) in [5.41, 5.74) is 6.42. The molecule has 0 bridgehead atoms. The molecule has 1 fully saturated rings. The van der Waals surface area contributed by atoms with E-state index in [0.717, 1.165) is 12.8 Å². The fourth-order valence-electron chi connectivity index (χ4n) is 1.61. The molecule has 3 amide bonds. The molecule has 0 aliphatic heterocycles. The Balaban J connectivity index is 0.00000200. The smallest absolute Gasteiger partial charge is 0.319 e. The average Bonchev–Trinajstić information content (AvgIpc) is 3.20. The quantitative estimate of drug-likeness (QED) is 0.655. The van der Waals surface area contributed by atoms with Crippen LogP contribution in [0.25, 0.3) is 0 Å². The van der Waals surface area contributed by atoms with Gasteiger partial charge in [0, 0.05) is 30.4 Å². The van der Waals surface area contributed by atoms with Gasteiger partial charge in [-0.1, -0.05) is 6.07 Å². The maximum absolute atomic E-state index is 11.7. The predicted octanol–water partition coefficient (Wildman–Crippen LogP) is 1.08. The number of halogens is 1. The van der Waals surface area contributed by atoms with Crippen molar-refractivity contribution in [2.45, 2.75) is 18.9 Å². The minimum Gasteiger partial charge on any atom is -0.351 e. The molecule has 6 nitrogen and oxygen atoms in total. The highest BCUT2D eigenvalue weighted by Crippen LogP contribution is 2.19. The maximum atomic E-state index is 11.7. The van der Waals surface area contributed by atoms with Crippen LogP contribution >= 0.6 is 12.4 Å². The van der Waals surface area contributed by atoms with Crippen molar-refractivity contribution in [1.29, 1.82) is 0 Å². The lowest BCUT2D eigenvalue weighted by Gasteiger charge is -2.08. The summed E-state index contributed by atoms with van der Waals surface area (Å²) in [6.07, 6.45) is 2.07. The SMILES string of the molecule is Cl.NCCNC(=O)c1cccc(NC(=O)NC2CC2)c1. The number of amides is 3. The number of hydrogen-bond donors (Lipinski definition) is 4. The van der Waals surface area contributed by atoms with Crippen LogP contribution in [0.2, 0.25) is 0 Å². The number of urea groups is 1. The third kappa shape index (κ3) is 5.07. The van der Waals surface area contributed by atoms with Crippen LogP contribution in [0.4, 0.5) is 10.5 Å². The van der Waals surface area contributed by atoms with Gasteiger partial charge in [0.25, 0.3) is 5.91 Å². The van der Waals surface area contributed by atoms with E-state index in [0.29, 0.717) is 30.4 Å². The Morgan fingerprint density at radius 2 is 2.05 bits per heavy atom. The molecule has 1 saturated carbocycles. The molecule has 5 N–H and O–H groups in total. The third-order valence-electron chi connectivity index (χ3n) is 2.73. The summed E-state index contributed by atoms with van der Waals surface area (Å²) in [7, 11) is 0. The Kier molecular flexibility index (Phi) is 6.27. The molecular weight excluding hydrogens is 280 g/mol. The van der Waals surface area contributed by atoms with E-state index in [1.165, 1.54) is 0 Å². The van der Waals surface area contributed by atoms with Gasteiger partial charge in [-0.05, 0) is 31.0 Å². The van der Waals surface area contributed by atoms with E-state index < -0.39 is 0 Å². The van der Waals surface area contributed by atoms with Gasteiger partial charge < -0.3 is 21.7 Å². The number of hydrogen-bond acceptors (Lipinski definition) is 3. The first-order chi connectivity index (χ1) is 9.19. The summed E-state index contributed by atoms with van der Waals surface area (Å²) >= 11 is 0. The van der Waals surface area contributed by atoms with Crippen LogP contribution in [0, 0.1) is 0 Å². The number of anilines is 1. The van der Waals surface area contributed by atoms with Gasteiger partial charge in [-0.25, -0.2) is 4.79 Å². The minimum absolute atomic E-state index is 0. The zero-order valence-corrected chi connectivity index (χ0v) is 11.8. The molecule has 20 heavy (non-hydrogen) atoms. The van der Waals surface area contributed by atoms with Gasteiger partial charge in [0.15, 0.2) is 0 Å². The summed E-state index contributed by atoms with van der Waals surface area (Å²) in [5, 5.41) is 8.21. The van der Waals surface area contributed by atoms with Crippen molar-refractivity contribution in [3.63, 3.8) is 0 Å². The van der Waals surface area contributed by atoms with Gasteiger partial charge in [-0.2, -0.15) is 0 Å². The van der Waals surface area contributed by atoms with Crippen LogP contribution in [0.3, 0.4) is 0 Å². The number of nitrogens with two attached hydrogens (primary N) is 1. The largest absolute Gasteiger partial charge is 0.351 e. The van der Waals surface area contributed by atoms with E-state index in [-0.39, 0.29) is 24.3 Å². The van der Waals surface area contributed by atoms with Gasteiger partial charge in [0.1, 0.15) is 0 Å². The first-order valence-electron chi connectivity index (χ1n) is 6.35. The fraction of sp³-hybridized carbons (Fsp3) is 0.385. The zero-order valence-electron chi connectivity index (χ0n) is 11.0. The van der Waals surface area contributed by atoms with Crippen LogP contribution in [0.5, 0.6) is 0 Å². The molecule has 2 rings (SSSR count). The lowest BCUT2D eigenvalue weighted by molar-refractivity contribution is 0.0954. The van der Waals surface area contributed by atoms with Crippen LogP contribution in [-0.4, -0.2) is 31.1 Å². The van der Waals surface area contributed by atoms with E-state index in [2.05, 4.69) is 16.0 Å². The van der Waals surface area contributed by atoms with E-state index in [4.69, 9.17) is 5.73 Å². The first kappa shape index (κ1) is 16.3. The normalized spacial score (nSPS) is 13.1. The molecule has 0 unspecified atom stereocenters. The van der Waals surface area contributed by atoms with Crippen LogP contribution in [-0.2, 0) is 0 Å². The molecule has 0 atom stereocenters. The summed E-state index contributed by atoms with van der Waals surface area (Å²) < 4.78 is 0. The van der Waals surface area contributed by atoms with Crippen molar-refractivity contribution >= 4 is 30.0 Å². The minimum atomic E-state index is -0.234. The van der Waals surface area contributed by atoms with Crippen molar-refractivity contribution in [2.24, 2.45) is 5.73 Å². The first-order valence-corrected chi connectivity index (χ1v) is 6.35. The highest BCUT2D eigenvalue weighted by atomic mass is 35.5. The second-order valence-electron chi connectivity index (χ2n) is 4.50. The lowest BCUT2D eigenvalue weighted by atomic mass is 10.2. The van der Waals surface area contributed by atoms with Gasteiger partial charge in [0.05, 0.1) is 0 Å². The van der Waals surface area contributed by atoms with Crippen LogP contribution < -0.4 is 21.7 Å². The van der Waals surface area contributed by atoms with Gasteiger partial charge in [-0.3, -0.25) is 4.79 Å². The monoisotopic (exact) mass is 298 g/mol. The molecule has 0 heterocycles. The molecule has 110 valence electrons. The highest BCUT2D eigenvalue weighted by Gasteiger charge is 2.23. The topological polar surface area (TPSA) is 96.2 Å². The number of carbonyl (C=O) groups is 2. The fourth-order valence-corrected chi connectivity index (χ4v) is 1.61. The average molecular weight is 299 g/mol. The van der Waals surface area contributed by atoms with Crippen molar-refractivity contribution < 1.29 is 9.59 Å². The highest BCUT2D eigenvalue weighted by molar-refractivity contribution is 5.96. The number of carbonyl (C=O) groups excluding carboxylic acids is 2. The molecule has 1 aromatic rings. The van der Waals surface area contributed by atoms with Crippen molar-refractivity contribution in [2.75, 3.05) is 18.4 Å². The van der Waals surface area contributed by atoms with Crippen molar-refractivity contribution in [3.8, 4) is 0 Å². The third-order valence-corrected chi connectivity index (χ3v) is 2.73. The Hall–Kier alpha value is -1.79. The summed E-state index contributed by atoms with van der Waals surface area (Å²) in [4.78, 5) is 23.3. The molecule has 1 aliphatic carbocycles. The molecule has 1 aromatic carbocycles. The number of benzene rings is 1. The Morgan fingerprint density at radius 3 is 2.70 bits per heavy atom. The molecule has 7 heteroatoms. The van der Waals surface area contributed by atoms with Crippen molar-refractivity contribution in [3.05, 3.63) is 29.8 Å². The second kappa shape index (κ2) is 7.72. The number of rotatable bonds is 5. The van der Waals surface area contributed by atoms with E-state index in [1.807, 2.05) is 0 Å². The van der Waals surface area contributed by atoms with Gasteiger partial charge >= 0.3 is 6.03 Å². The van der Waals surface area contributed by atoms with E-state index in [1.54, 1.807) is 24.3 Å². The van der Waals surface area contributed by atoms with Gasteiger partial charge in [0.2, 0.25) is 0 Å². The van der Waals surface area contributed by atoms with Crippen molar-refractivity contribution in [1.82, 2.24) is 10.6 Å². The molecule has 1 aliphatic rings. The second-order valence-corrected chi connectivity index (χ2v) is 4.50.